The van der Waals surface area contributed by atoms with E-state index in [1.807, 2.05) is 12.4 Å². The summed E-state index contributed by atoms with van der Waals surface area (Å²) in [6.45, 7) is 2.85. The molecule has 1 aliphatic rings. The average molecular weight is 125 g/mol. The molecule has 2 N–H and O–H groups in total. The normalized spacial score (nSPS) is 18.0. The maximum Gasteiger partial charge on any atom is 0.0854 e. The Labute approximate surface area is 54.9 Å². The van der Waals surface area contributed by atoms with Crippen molar-refractivity contribution in [2.75, 3.05) is 19.6 Å². The van der Waals surface area contributed by atoms with Crippen LogP contribution in [-0.4, -0.2) is 30.9 Å². The van der Waals surface area contributed by atoms with Crippen LogP contribution in [0.25, 0.3) is 0 Å². The maximum atomic E-state index is 5.15. The summed E-state index contributed by atoms with van der Waals surface area (Å²) in [6.07, 6.45) is 5.34. The summed E-state index contributed by atoms with van der Waals surface area (Å²) in [5.74, 6) is 0. The summed E-state index contributed by atoms with van der Waals surface area (Å²) in [7, 11) is 0. The number of nitrogens with zero attached hydrogens (tertiary/aromatic N) is 2. The summed E-state index contributed by atoms with van der Waals surface area (Å²) in [5.41, 5.74) is 5.15. The first-order valence-corrected chi connectivity index (χ1v) is 3.04. The van der Waals surface area contributed by atoms with E-state index >= 15 is 0 Å². The summed E-state index contributed by atoms with van der Waals surface area (Å²) in [5, 5.41) is 0. The van der Waals surface area contributed by atoms with Gasteiger partial charge in [-0.05, 0) is 12.3 Å². The van der Waals surface area contributed by atoms with Crippen molar-refractivity contribution in [3.8, 4) is 0 Å². The van der Waals surface area contributed by atoms with Gasteiger partial charge in [0.05, 0.1) is 12.9 Å². The quantitative estimate of drug-likeness (QED) is 0.555. The van der Waals surface area contributed by atoms with Crippen LogP contribution in [0.2, 0.25) is 0 Å². The molecule has 0 amide bonds. The van der Waals surface area contributed by atoms with Gasteiger partial charge < -0.3 is 10.6 Å². The van der Waals surface area contributed by atoms with Crippen LogP contribution in [0.5, 0.6) is 0 Å². The molecular formula is C6H11N3. The van der Waals surface area contributed by atoms with E-state index in [-0.39, 0.29) is 0 Å². The monoisotopic (exact) mass is 125 g/mol. The molecule has 9 heavy (non-hydrogen) atoms. The molecule has 1 aliphatic heterocycles. The van der Waals surface area contributed by atoms with Gasteiger partial charge in [-0.1, -0.05) is 0 Å². The Kier molecular flexibility index (Phi) is 2.13. The maximum absolute atomic E-state index is 5.15. The zero-order chi connectivity index (χ0) is 6.53. The van der Waals surface area contributed by atoms with Gasteiger partial charge in [-0.3, -0.25) is 4.99 Å². The molecule has 0 spiro atoms. The van der Waals surface area contributed by atoms with Crippen molar-refractivity contribution in [1.82, 2.24) is 4.90 Å². The molecule has 1 heterocycles. The lowest BCUT2D eigenvalue weighted by molar-refractivity contribution is 0.518. The summed E-state index contributed by atoms with van der Waals surface area (Å²) in [4.78, 5) is 6.16. The zero-order valence-corrected chi connectivity index (χ0v) is 5.33. The first-order valence-electron chi connectivity index (χ1n) is 3.04. The van der Waals surface area contributed by atoms with Crippen LogP contribution < -0.4 is 5.73 Å². The van der Waals surface area contributed by atoms with E-state index in [1.165, 1.54) is 0 Å². The van der Waals surface area contributed by atoms with Gasteiger partial charge in [-0.25, -0.2) is 0 Å². The number of rotatable bonds is 2. The Bertz CT molecular complexity index is 128. The number of aliphatic imine (C=N–C) groups is 1. The van der Waals surface area contributed by atoms with Crippen LogP contribution in [0.3, 0.4) is 0 Å². The fourth-order valence-corrected chi connectivity index (χ4v) is 0.752. The largest absolute Gasteiger partial charge is 0.405 e. The molecule has 0 aromatic carbocycles. The summed E-state index contributed by atoms with van der Waals surface area (Å²) >= 11 is 0. The highest BCUT2D eigenvalue weighted by Crippen LogP contribution is 1.91. The second kappa shape index (κ2) is 3.12. The van der Waals surface area contributed by atoms with Crippen molar-refractivity contribution in [2.24, 2.45) is 10.7 Å². The molecule has 0 unspecified atom stereocenters. The van der Waals surface area contributed by atoms with Gasteiger partial charge in [0.15, 0.2) is 0 Å². The minimum atomic E-state index is 0.889. The number of nitrogens with two attached hydrogens (primary N) is 1. The van der Waals surface area contributed by atoms with Crippen molar-refractivity contribution >= 4 is 6.34 Å². The van der Waals surface area contributed by atoms with Crippen molar-refractivity contribution in [3.63, 3.8) is 0 Å². The molecule has 3 heteroatoms. The fraction of sp³-hybridized carbons (Fsp3) is 0.500. The Morgan fingerprint density at radius 1 is 1.78 bits per heavy atom. The van der Waals surface area contributed by atoms with Gasteiger partial charge in [0, 0.05) is 13.1 Å². The van der Waals surface area contributed by atoms with Gasteiger partial charge in [0.2, 0.25) is 0 Å². The topological polar surface area (TPSA) is 41.6 Å². The van der Waals surface area contributed by atoms with Gasteiger partial charge >= 0.3 is 0 Å². The van der Waals surface area contributed by atoms with Crippen LogP contribution in [0, 0.1) is 0 Å². The smallest absolute Gasteiger partial charge is 0.0854 e. The predicted molar refractivity (Wildman–Crippen MR) is 38.3 cm³/mol. The molecule has 50 valence electrons. The highest BCUT2D eigenvalue weighted by molar-refractivity contribution is 5.57. The summed E-state index contributed by atoms with van der Waals surface area (Å²) in [6, 6.07) is 0. The lowest BCUT2D eigenvalue weighted by Gasteiger charge is -2.08. The number of hydrogen-bond donors (Lipinski definition) is 1. The van der Waals surface area contributed by atoms with Crippen molar-refractivity contribution in [1.29, 1.82) is 0 Å². The number of hydrogen-bond acceptors (Lipinski definition) is 3. The molecule has 0 fully saturated rings. The molecule has 0 aromatic heterocycles. The molecule has 0 aliphatic carbocycles. The average Bonchev–Trinajstić information content (AvgIpc) is 2.34. The van der Waals surface area contributed by atoms with Gasteiger partial charge in [-0.15, -0.1) is 0 Å². The summed E-state index contributed by atoms with van der Waals surface area (Å²) < 4.78 is 0. The standard InChI is InChI=1S/C6H11N3/c7-2-1-4-9-5-3-8-6-9/h1-2,6H,3-5,7H2. The first-order chi connectivity index (χ1) is 4.43. The molecule has 0 radical (unpaired) electrons. The fourth-order valence-electron chi connectivity index (χ4n) is 0.752. The third-order valence-corrected chi connectivity index (χ3v) is 1.24. The molecule has 1 rings (SSSR count). The van der Waals surface area contributed by atoms with Crippen molar-refractivity contribution in [3.05, 3.63) is 12.3 Å². The molecule has 0 bridgehead atoms. The van der Waals surface area contributed by atoms with Crippen LogP contribution in [0.4, 0.5) is 0 Å². The van der Waals surface area contributed by atoms with Crippen LogP contribution in [0.15, 0.2) is 17.3 Å². The van der Waals surface area contributed by atoms with Gasteiger partial charge in [0.1, 0.15) is 0 Å². The predicted octanol–water partition coefficient (Wildman–Crippen LogP) is -0.197. The minimum Gasteiger partial charge on any atom is -0.405 e. The third kappa shape index (κ3) is 1.76. The van der Waals surface area contributed by atoms with Gasteiger partial charge in [-0.2, -0.15) is 0 Å². The van der Waals surface area contributed by atoms with Crippen LogP contribution >= 0.6 is 0 Å². The van der Waals surface area contributed by atoms with Crippen LogP contribution in [0.1, 0.15) is 0 Å². The highest BCUT2D eigenvalue weighted by atomic mass is 15.2. The Morgan fingerprint density at radius 3 is 3.22 bits per heavy atom. The van der Waals surface area contributed by atoms with E-state index in [4.69, 9.17) is 5.73 Å². The zero-order valence-electron chi connectivity index (χ0n) is 5.33. The molecule has 0 aromatic rings. The molecule has 0 saturated heterocycles. The Balaban J connectivity index is 2.20. The van der Waals surface area contributed by atoms with E-state index in [2.05, 4.69) is 9.89 Å². The molecular weight excluding hydrogens is 114 g/mol. The Hall–Kier alpha value is -0.990. The van der Waals surface area contributed by atoms with E-state index < -0.39 is 0 Å². The SMILES string of the molecule is NC=CCN1C=NCC1. The molecule has 0 atom stereocenters. The lowest BCUT2D eigenvalue weighted by Crippen LogP contribution is -2.19. The van der Waals surface area contributed by atoms with Gasteiger partial charge in [0.25, 0.3) is 0 Å². The van der Waals surface area contributed by atoms with Crippen LogP contribution in [-0.2, 0) is 0 Å². The minimum absolute atomic E-state index is 0.889. The highest BCUT2D eigenvalue weighted by Gasteiger charge is 2.00. The second-order valence-corrected chi connectivity index (χ2v) is 1.94. The third-order valence-electron chi connectivity index (χ3n) is 1.24. The van der Waals surface area contributed by atoms with E-state index in [0.29, 0.717) is 0 Å². The Morgan fingerprint density at radius 2 is 2.67 bits per heavy atom. The van der Waals surface area contributed by atoms with Crippen molar-refractivity contribution < 1.29 is 0 Å². The van der Waals surface area contributed by atoms with E-state index in [1.54, 1.807) is 6.20 Å². The second-order valence-electron chi connectivity index (χ2n) is 1.94. The molecule has 3 nitrogen and oxygen atoms in total. The molecule has 0 saturated carbocycles. The van der Waals surface area contributed by atoms with E-state index in [9.17, 15) is 0 Å². The van der Waals surface area contributed by atoms with E-state index in [0.717, 1.165) is 19.6 Å². The first kappa shape index (κ1) is 6.13. The van der Waals surface area contributed by atoms with Crippen molar-refractivity contribution in [2.45, 2.75) is 0 Å². The lowest BCUT2D eigenvalue weighted by atomic mass is 10.5.